The molecule has 0 radical (unpaired) electrons. The van der Waals surface area contributed by atoms with E-state index in [9.17, 15) is 0 Å². The van der Waals surface area contributed by atoms with Crippen LogP contribution < -0.4 is 63.9 Å². The molecule has 338 valence electrons. The quantitative estimate of drug-likeness (QED) is 0.159. The maximum Gasteiger partial charge on any atom is 0.252 e. The molecule has 0 aliphatic carbocycles. The molecule has 6 aliphatic rings. The zero-order valence-corrected chi connectivity index (χ0v) is 42.5. The summed E-state index contributed by atoms with van der Waals surface area (Å²) in [6.07, 6.45) is 0. The SMILES string of the molecule is CC(C)c1cc(C(C)C)c(B2c3ccccc3Sc3cc4c(cc32)B2c3ccccc3N3c5ccccc5B5c6cccc7c6N(c6ccccc6S7)c6cc(c2c3c65)N4c2ccccc2)c(C(C)C)c1. The normalized spacial score (nSPS) is 14.7. The van der Waals surface area contributed by atoms with Crippen LogP contribution in [0.3, 0.4) is 0 Å². The molecular formula is C63H50B3N3S2. The number of rotatable bonds is 5. The van der Waals surface area contributed by atoms with Crippen LogP contribution in [-0.4, -0.2) is 20.1 Å². The highest BCUT2D eigenvalue weighted by atomic mass is 32.2. The largest absolute Gasteiger partial charge is 0.312 e. The van der Waals surface area contributed by atoms with Gasteiger partial charge in [-0.2, -0.15) is 0 Å². The maximum absolute atomic E-state index is 2.69. The molecule has 9 aromatic rings. The minimum absolute atomic E-state index is 0.0128. The molecule has 0 N–H and O–H groups in total. The monoisotopic (exact) mass is 945 g/mol. The number of nitrogens with zero attached hydrogens (tertiary/aromatic N) is 3. The third kappa shape index (κ3) is 5.75. The van der Waals surface area contributed by atoms with Crippen LogP contribution in [0.2, 0.25) is 0 Å². The molecule has 9 aromatic carbocycles. The summed E-state index contributed by atoms with van der Waals surface area (Å²) in [7, 11) is 0. The summed E-state index contributed by atoms with van der Waals surface area (Å²) in [4.78, 5) is 13.2. The van der Waals surface area contributed by atoms with Gasteiger partial charge in [-0.25, -0.2) is 0 Å². The Balaban J connectivity index is 1.08. The Bertz CT molecular complexity index is 3740. The van der Waals surface area contributed by atoms with Crippen LogP contribution in [0.1, 0.15) is 76.0 Å². The van der Waals surface area contributed by atoms with Gasteiger partial charge in [0.1, 0.15) is 0 Å². The molecule has 0 saturated carbocycles. The molecule has 0 spiro atoms. The van der Waals surface area contributed by atoms with Gasteiger partial charge in [-0.3, -0.25) is 0 Å². The highest BCUT2D eigenvalue weighted by Gasteiger charge is 2.53. The average molecular weight is 946 g/mol. The molecule has 6 heterocycles. The van der Waals surface area contributed by atoms with E-state index in [0.29, 0.717) is 17.8 Å². The van der Waals surface area contributed by atoms with E-state index in [0.717, 1.165) is 0 Å². The summed E-state index contributed by atoms with van der Waals surface area (Å²) in [5.41, 5.74) is 28.4. The van der Waals surface area contributed by atoms with Crippen LogP contribution >= 0.6 is 23.5 Å². The Morgan fingerprint density at radius 1 is 0.324 bits per heavy atom. The fourth-order valence-corrected chi connectivity index (χ4v) is 15.7. The Hall–Kier alpha value is -6.73. The lowest BCUT2D eigenvalue weighted by Gasteiger charge is -2.51. The fraction of sp³-hybridized carbons (Fsp3) is 0.143. The zero-order valence-electron chi connectivity index (χ0n) is 40.9. The van der Waals surface area contributed by atoms with Crippen molar-refractivity contribution in [1.29, 1.82) is 0 Å². The van der Waals surface area contributed by atoms with Crippen LogP contribution in [0.25, 0.3) is 0 Å². The van der Waals surface area contributed by atoms with Gasteiger partial charge >= 0.3 is 0 Å². The molecule has 0 saturated heterocycles. The van der Waals surface area contributed by atoms with E-state index in [4.69, 9.17) is 0 Å². The topological polar surface area (TPSA) is 9.72 Å². The number of anilines is 9. The molecule has 0 bridgehead atoms. The second-order valence-electron chi connectivity index (χ2n) is 21.3. The van der Waals surface area contributed by atoms with Gasteiger partial charge in [0.2, 0.25) is 6.71 Å². The minimum Gasteiger partial charge on any atom is -0.312 e. The van der Waals surface area contributed by atoms with Crippen molar-refractivity contribution in [2.45, 2.75) is 78.9 Å². The van der Waals surface area contributed by atoms with E-state index in [1.807, 2.05) is 23.5 Å². The van der Waals surface area contributed by atoms with Crippen LogP contribution in [0.5, 0.6) is 0 Å². The Labute approximate surface area is 427 Å². The molecule has 6 aliphatic heterocycles. The van der Waals surface area contributed by atoms with Gasteiger partial charge in [0.25, 0.3) is 13.4 Å². The summed E-state index contributed by atoms with van der Waals surface area (Å²) in [5, 5.41) is 0. The molecule has 8 heteroatoms. The highest BCUT2D eigenvalue weighted by molar-refractivity contribution is 8.00. The van der Waals surface area contributed by atoms with Crippen molar-refractivity contribution in [2.24, 2.45) is 0 Å². The first kappa shape index (κ1) is 42.0. The molecule has 0 amide bonds. The van der Waals surface area contributed by atoms with Gasteiger partial charge in [0.15, 0.2) is 0 Å². The fourth-order valence-electron chi connectivity index (χ4n) is 13.4. The van der Waals surface area contributed by atoms with Crippen molar-refractivity contribution >= 4 is 144 Å². The number of benzene rings is 9. The lowest BCUT2D eigenvalue weighted by molar-refractivity contribution is 0.812. The zero-order chi connectivity index (χ0) is 47.6. The summed E-state index contributed by atoms with van der Waals surface area (Å²) in [6, 6.07) is 68.2. The van der Waals surface area contributed by atoms with Gasteiger partial charge in [0.05, 0.1) is 11.4 Å². The Kier molecular flexibility index (Phi) is 9.10. The van der Waals surface area contributed by atoms with Crippen LogP contribution in [0.15, 0.2) is 196 Å². The van der Waals surface area contributed by atoms with Crippen molar-refractivity contribution in [3.05, 3.63) is 193 Å². The number of hydrogen-bond acceptors (Lipinski definition) is 5. The second kappa shape index (κ2) is 15.4. The molecule has 0 fully saturated rings. The Morgan fingerprint density at radius 2 is 0.845 bits per heavy atom. The van der Waals surface area contributed by atoms with Crippen LogP contribution in [0, 0.1) is 0 Å². The van der Waals surface area contributed by atoms with E-state index in [1.54, 1.807) is 0 Å². The third-order valence-electron chi connectivity index (χ3n) is 16.4. The molecular weight excluding hydrogens is 895 g/mol. The van der Waals surface area contributed by atoms with Gasteiger partial charge in [-0.05, 0) is 128 Å². The molecule has 0 aromatic heterocycles. The lowest BCUT2D eigenvalue weighted by Crippen LogP contribution is -2.69. The van der Waals surface area contributed by atoms with E-state index < -0.39 is 0 Å². The predicted octanol–water partition coefficient (Wildman–Crippen LogP) is 11.2. The van der Waals surface area contributed by atoms with E-state index in [1.165, 1.54) is 137 Å². The van der Waals surface area contributed by atoms with Crippen LogP contribution in [-0.2, 0) is 0 Å². The summed E-state index contributed by atoms with van der Waals surface area (Å²) >= 11 is 3.87. The van der Waals surface area contributed by atoms with Gasteiger partial charge in [-0.15, -0.1) is 0 Å². The van der Waals surface area contributed by atoms with Crippen molar-refractivity contribution in [2.75, 3.05) is 14.7 Å². The number of para-hydroxylation sites is 5. The number of hydrogen-bond donors (Lipinski definition) is 0. The standard InChI is InChI=1S/C63H50B3N3S2/c1-36(2)39-31-41(37(3)4)59(42(32-39)38(5)6)66-45-23-12-16-28-55(45)70-58-35-52-47(33-48(58)66)65-44-22-11-14-26-50(44)68-49-25-13-10-21-43(49)64-46-24-18-30-57-62(46)69(51-27-15-17-29-56(51)71-57)54-34-53(60(65)63(68)61(54)64)67(52)40-19-8-7-9-20-40/h7-38H,1-6H3. The highest BCUT2D eigenvalue weighted by Crippen LogP contribution is 2.55. The summed E-state index contributed by atoms with van der Waals surface area (Å²) in [5.74, 6) is 1.17. The predicted molar refractivity (Wildman–Crippen MR) is 308 cm³/mol. The molecule has 0 atom stereocenters. The van der Waals surface area contributed by atoms with Crippen molar-refractivity contribution in [1.82, 2.24) is 0 Å². The molecule has 15 rings (SSSR count). The van der Waals surface area contributed by atoms with E-state index in [2.05, 4.69) is 232 Å². The van der Waals surface area contributed by atoms with Gasteiger partial charge < -0.3 is 14.7 Å². The average Bonchev–Trinajstić information content (AvgIpc) is 3.40. The van der Waals surface area contributed by atoms with Gasteiger partial charge in [-0.1, -0.05) is 197 Å². The van der Waals surface area contributed by atoms with Crippen molar-refractivity contribution in [3.8, 4) is 0 Å². The first-order valence-corrected chi connectivity index (χ1v) is 27.2. The van der Waals surface area contributed by atoms with Crippen molar-refractivity contribution in [3.63, 3.8) is 0 Å². The first-order chi connectivity index (χ1) is 34.7. The smallest absolute Gasteiger partial charge is 0.252 e. The van der Waals surface area contributed by atoms with E-state index >= 15 is 0 Å². The molecule has 0 unspecified atom stereocenters. The molecule has 71 heavy (non-hydrogen) atoms. The maximum atomic E-state index is 2.69. The lowest BCUT2D eigenvalue weighted by atomic mass is 9.28. The Morgan fingerprint density at radius 3 is 1.52 bits per heavy atom. The molecule has 3 nitrogen and oxygen atoms in total. The van der Waals surface area contributed by atoms with Crippen LogP contribution in [0.4, 0.5) is 51.2 Å². The number of fused-ring (bicyclic) bond motifs is 14. The van der Waals surface area contributed by atoms with Gasteiger partial charge in [0, 0.05) is 59.4 Å². The summed E-state index contributed by atoms with van der Waals surface area (Å²) in [6.45, 7) is 14.4. The second-order valence-corrected chi connectivity index (χ2v) is 23.4. The first-order valence-electron chi connectivity index (χ1n) is 25.6. The third-order valence-corrected chi connectivity index (χ3v) is 18.7. The van der Waals surface area contributed by atoms with E-state index in [-0.39, 0.29) is 20.1 Å². The van der Waals surface area contributed by atoms with Crippen molar-refractivity contribution < 1.29 is 0 Å². The minimum atomic E-state index is -0.0128. The summed E-state index contributed by atoms with van der Waals surface area (Å²) < 4.78 is 0.